The van der Waals surface area contributed by atoms with Crippen molar-refractivity contribution < 1.29 is 4.74 Å². The topological polar surface area (TPSA) is 34.0 Å². The predicted molar refractivity (Wildman–Crippen MR) is 38.6 cm³/mol. The van der Waals surface area contributed by atoms with Gasteiger partial charge in [0.05, 0.1) is 6.26 Å². The monoisotopic (exact) mass is 126 g/mol. The van der Waals surface area contributed by atoms with Gasteiger partial charge in [-0.25, -0.2) is 0 Å². The largest absolute Gasteiger partial charge is 0.452 e. The molecule has 3 heteroatoms. The minimum absolute atomic E-state index is 1.26. The van der Waals surface area contributed by atoms with Gasteiger partial charge in [0, 0.05) is 6.21 Å². The molecule has 0 rings (SSSR count). The third-order valence-corrected chi connectivity index (χ3v) is 0.505. The van der Waals surface area contributed by atoms with Gasteiger partial charge in [0.25, 0.3) is 0 Å². The van der Waals surface area contributed by atoms with E-state index in [0.717, 1.165) is 0 Å². The molecule has 0 aromatic carbocycles. The highest BCUT2D eigenvalue weighted by Crippen LogP contribution is 1.72. The van der Waals surface area contributed by atoms with Gasteiger partial charge in [0.15, 0.2) is 0 Å². The molecular weight excluding hydrogens is 116 g/mol. The molecule has 0 saturated heterocycles. The van der Waals surface area contributed by atoms with Gasteiger partial charge in [0.1, 0.15) is 0 Å². The summed E-state index contributed by atoms with van der Waals surface area (Å²) in [6.45, 7) is 3.64. The predicted octanol–water partition coefficient (Wildman–Crippen LogP) is 1.57. The standard InChI is InChI=1S/C6H10N2O/c1-3-5-9-6-8-7-4-2/h3-6H,1-2H3/b5-3+,7-4-,8-6-. The van der Waals surface area contributed by atoms with Crippen LogP contribution in [0.5, 0.6) is 0 Å². The van der Waals surface area contributed by atoms with Gasteiger partial charge in [-0.2, -0.15) is 5.10 Å². The maximum Gasteiger partial charge on any atom is 0.200 e. The van der Waals surface area contributed by atoms with Crippen LogP contribution in [-0.2, 0) is 4.74 Å². The first-order valence-corrected chi connectivity index (χ1v) is 2.68. The second-order valence-corrected chi connectivity index (χ2v) is 1.20. The molecule has 0 aromatic rings. The molecule has 0 spiro atoms. The lowest BCUT2D eigenvalue weighted by Gasteiger charge is -1.81. The molecule has 0 aliphatic rings. The number of rotatable bonds is 3. The molecule has 0 fully saturated rings. The van der Waals surface area contributed by atoms with Crippen molar-refractivity contribution in [2.24, 2.45) is 10.2 Å². The van der Waals surface area contributed by atoms with Crippen molar-refractivity contribution in [2.45, 2.75) is 13.8 Å². The van der Waals surface area contributed by atoms with Crippen LogP contribution in [-0.4, -0.2) is 12.6 Å². The van der Waals surface area contributed by atoms with Gasteiger partial charge in [0.2, 0.25) is 6.40 Å². The fraction of sp³-hybridized carbons (Fsp3) is 0.333. The molecule has 0 N–H and O–H groups in total. The van der Waals surface area contributed by atoms with Gasteiger partial charge < -0.3 is 4.74 Å². The summed E-state index contributed by atoms with van der Waals surface area (Å²) in [5.41, 5.74) is 0. The molecular formula is C6H10N2O. The van der Waals surface area contributed by atoms with Crippen LogP contribution in [0.3, 0.4) is 0 Å². The normalized spacial score (nSPS) is 12.2. The molecule has 0 bridgehead atoms. The average Bonchev–Trinajstić information content (AvgIpc) is 1.89. The van der Waals surface area contributed by atoms with E-state index in [-0.39, 0.29) is 0 Å². The minimum atomic E-state index is 1.26. The number of nitrogens with zero attached hydrogens (tertiary/aromatic N) is 2. The fourth-order valence-corrected chi connectivity index (χ4v) is 0.235. The SMILES string of the molecule is C/C=N\N=C/O/C=C/C. The summed E-state index contributed by atoms with van der Waals surface area (Å²) in [4.78, 5) is 0. The lowest BCUT2D eigenvalue weighted by molar-refractivity contribution is 0.491. The Morgan fingerprint density at radius 1 is 1.22 bits per heavy atom. The molecule has 0 unspecified atom stereocenters. The lowest BCUT2D eigenvalue weighted by Crippen LogP contribution is -1.72. The van der Waals surface area contributed by atoms with E-state index in [1.54, 1.807) is 19.2 Å². The minimum Gasteiger partial charge on any atom is -0.452 e. The zero-order valence-electron chi connectivity index (χ0n) is 5.61. The van der Waals surface area contributed by atoms with Crippen LogP contribution >= 0.6 is 0 Å². The Balaban J connectivity index is 3.25. The summed E-state index contributed by atoms with van der Waals surface area (Å²) < 4.78 is 4.70. The number of allylic oxidation sites excluding steroid dienone is 1. The summed E-state index contributed by atoms with van der Waals surface area (Å²) in [5, 5.41) is 7.03. The molecule has 0 atom stereocenters. The van der Waals surface area contributed by atoms with Gasteiger partial charge in [-0.05, 0) is 13.8 Å². The Kier molecular flexibility index (Phi) is 6.02. The first-order valence-electron chi connectivity index (χ1n) is 2.68. The second-order valence-electron chi connectivity index (χ2n) is 1.20. The molecule has 0 saturated carbocycles. The van der Waals surface area contributed by atoms with Crippen molar-refractivity contribution in [1.82, 2.24) is 0 Å². The molecule has 0 amide bonds. The molecule has 50 valence electrons. The molecule has 3 nitrogen and oxygen atoms in total. The third-order valence-electron chi connectivity index (χ3n) is 0.505. The van der Waals surface area contributed by atoms with E-state index in [0.29, 0.717) is 0 Å². The Bertz CT molecular complexity index is 127. The smallest absolute Gasteiger partial charge is 0.200 e. The van der Waals surface area contributed by atoms with Crippen molar-refractivity contribution in [2.75, 3.05) is 0 Å². The molecule has 9 heavy (non-hydrogen) atoms. The number of hydrogen-bond acceptors (Lipinski definition) is 3. The second kappa shape index (κ2) is 6.88. The van der Waals surface area contributed by atoms with E-state index in [1.807, 2.05) is 6.92 Å². The molecule has 0 aliphatic carbocycles. The van der Waals surface area contributed by atoms with Crippen molar-refractivity contribution in [3.05, 3.63) is 12.3 Å². The van der Waals surface area contributed by atoms with Gasteiger partial charge in [-0.15, -0.1) is 5.10 Å². The van der Waals surface area contributed by atoms with Gasteiger partial charge in [-0.1, -0.05) is 6.08 Å². The molecule has 0 heterocycles. The van der Waals surface area contributed by atoms with Crippen LogP contribution < -0.4 is 0 Å². The maximum atomic E-state index is 4.70. The highest BCUT2D eigenvalue weighted by Gasteiger charge is 1.62. The van der Waals surface area contributed by atoms with Crippen LogP contribution in [0.1, 0.15) is 13.8 Å². The third kappa shape index (κ3) is 6.88. The van der Waals surface area contributed by atoms with Crippen molar-refractivity contribution in [3.63, 3.8) is 0 Å². The van der Waals surface area contributed by atoms with Crippen LogP contribution in [0.15, 0.2) is 22.5 Å². The van der Waals surface area contributed by atoms with E-state index in [1.165, 1.54) is 12.7 Å². The van der Waals surface area contributed by atoms with E-state index in [4.69, 9.17) is 4.74 Å². The highest BCUT2D eigenvalue weighted by molar-refractivity contribution is 5.55. The zero-order chi connectivity index (χ0) is 6.95. The average molecular weight is 126 g/mol. The van der Waals surface area contributed by atoms with Crippen molar-refractivity contribution >= 4 is 12.6 Å². The van der Waals surface area contributed by atoms with Crippen LogP contribution in [0.4, 0.5) is 0 Å². The lowest BCUT2D eigenvalue weighted by atomic mass is 10.7. The number of ether oxygens (including phenoxy) is 1. The summed E-state index contributed by atoms with van der Waals surface area (Å²) in [5.74, 6) is 0. The van der Waals surface area contributed by atoms with Crippen molar-refractivity contribution in [1.29, 1.82) is 0 Å². The summed E-state index contributed by atoms with van der Waals surface area (Å²) in [6.07, 6.45) is 6.13. The highest BCUT2D eigenvalue weighted by atomic mass is 16.5. The maximum absolute atomic E-state index is 4.70. The first kappa shape index (κ1) is 7.88. The van der Waals surface area contributed by atoms with E-state index >= 15 is 0 Å². The van der Waals surface area contributed by atoms with E-state index < -0.39 is 0 Å². The fourth-order valence-electron chi connectivity index (χ4n) is 0.235. The van der Waals surface area contributed by atoms with E-state index in [9.17, 15) is 0 Å². The van der Waals surface area contributed by atoms with E-state index in [2.05, 4.69) is 10.2 Å². The Hall–Kier alpha value is -1.12. The molecule has 0 aromatic heterocycles. The van der Waals surface area contributed by atoms with Crippen LogP contribution in [0, 0.1) is 0 Å². The Labute approximate surface area is 54.7 Å². The Morgan fingerprint density at radius 3 is 2.56 bits per heavy atom. The number of hydrogen-bond donors (Lipinski definition) is 0. The van der Waals surface area contributed by atoms with Gasteiger partial charge in [-0.3, -0.25) is 0 Å². The zero-order valence-corrected chi connectivity index (χ0v) is 5.61. The van der Waals surface area contributed by atoms with Crippen molar-refractivity contribution in [3.8, 4) is 0 Å². The molecule has 0 radical (unpaired) electrons. The van der Waals surface area contributed by atoms with Gasteiger partial charge >= 0.3 is 0 Å². The summed E-state index contributed by atoms with van der Waals surface area (Å²) in [7, 11) is 0. The van der Waals surface area contributed by atoms with Crippen LogP contribution in [0.2, 0.25) is 0 Å². The Morgan fingerprint density at radius 2 is 2.00 bits per heavy atom. The quantitative estimate of drug-likeness (QED) is 0.244. The molecule has 0 aliphatic heterocycles. The van der Waals surface area contributed by atoms with Crippen LogP contribution in [0.25, 0.3) is 0 Å². The summed E-state index contributed by atoms with van der Waals surface area (Å²) >= 11 is 0. The summed E-state index contributed by atoms with van der Waals surface area (Å²) in [6, 6.07) is 0. The first-order chi connectivity index (χ1) is 4.41.